The Bertz CT molecular complexity index is 362. The molecule has 0 bridgehead atoms. The van der Waals surface area contributed by atoms with Crippen molar-refractivity contribution in [2.45, 2.75) is 51.6 Å². The van der Waals surface area contributed by atoms with Gasteiger partial charge in [0.2, 0.25) is 0 Å². The third-order valence-corrected chi connectivity index (χ3v) is 3.84. The molecule has 1 aromatic carbocycles. The fourth-order valence-corrected chi connectivity index (χ4v) is 2.69. The number of ether oxygens (including phenoxy) is 1. The van der Waals surface area contributed by atoms with Crippen LogP contribution in [0, 0.1) is 5.92 Å². The average molecular weight is 248 g/mol. The largest absolute Gasteiger partial charge is 0.490 e. The Kier molecular flexibility index (Phi) is 5.06. The molecule has 1 N–H and O–H groups in total. The second kappa shape index (κ2) is 6.79. The Balaban J connectivity index is 1.95. The predicted octanol–water partition coefficient (Wildman–Crippen LogP) is 3.57. The molecule has 1 aromatic rings. The number of benzene rings is 1. The van der Waals surface area contributed by atoms with Gasteiger partial charge in [-0.25, -0.2) is 0 Å². The number of aryl methyl sites for hydroxylation is 1. The molecule has 1 aliphatic carbocycles. The molecule has 18 heavy (non-hydrogen) atoms. The summed E-state index contributed by atoms with van der Waals surface area (Å²) in [7, 11) is 0. The van der Waals surface area contributed by atoms with E-state index in [9.17, 15) is 0 Å². The SMILES string of the molecule is CC1CCCCC1Oc1cccc(CCCO)c1. The Morgan fingerprint density at radius 1 is 1.28 bits per heavy atom. The van der Waals surface area contributed by atoms with Crippen LogP contribution in [0.4, 0.5) is 0 Å². The number of hydrogen-bond donors (Lipinski definition) is 1. The summed E-state index contributed by atoms with van der Waals surface area (Å²) in [5.41, 5.74) is 1.25. The lowest BCUT2D eigenvalue weighted by Gasteiger charge is -2.29. The number of hydrogen-bond acceptors (Lipinski definition) is 2. The van der Waals surface area contributed by atoms with E-state index in [-0.39, 0.29) is 6.61 Å². The summed E-state index contributed by atoms with van der Waals surface area (Å²) in [5, 5.41) is 8.86. The van der Waals surface area contributed by atoms with Crippen LogP contribution in [0.2, 0.25) is 0 Å². The zero-order valence-electron chi connectivity index (χ0n) is 11.3. The molecule has 0 amide bonds. The lowest BCUT2D eigenvalue weighted by Crippen LogP contribution is -2.28. The fourth-order valence-electron chi connectivity index (χ4n) is 2.69. The minimum Gasteiger partial charge on any atom is -0.490 e. The smallest absolute Gasteiger partial charge is 0.120 e. The summed E-state index contributed by atoms with van der Waals surface area (Å²) < 4.78 is 6.13. The van der Waals surface area contributed by atoms with Gasteiger partial charge in [0, 0.05) is 6.61 Å². The highest BCUT2D eigenvalue weighted by atomic mass is 16.5. The average Bonchev–Trinajstić information content (AvgIpc) is 2.40. The molecule has 2 unspecified atom stereocenters. The summed E-state index contributed by atoms with van der Waals surface area (Å²) in [6.07, 6.45) is 7.23. The van der Waals surface area contributed by atoms with Crippen molar-refractivity contribution in [3.63, 3.8) is 0 Å². The van der Waals surface area contributed by atoms with Crippen molar-refractivity contribution in [1.82, 2.24) is 0 Å². The molecule has 2 rings (SSSR count). The summed E-state index contributed by atoms with van der Waals surface area (Å²) in [4.78, 5) is 0. The van der Waals surface area contributed by atoms with Gasteiger partial charge >= 0.3 is 0 Å². The molecule has 2 nitrogen and oxygen atoms in total. The van der Waals surface area contributed by atoms with Gasteiger partial charge in [-0.2, -0.15) is 0 Å². The lowest BCUT2D eigenvalue weighted by molar-refractivity contribution is 0.102. The highest BCUT2D eigenvalue weighted by Crippen LogP contribution is 2.28. The van der Waals surface area contributed by atoms with Crippen LogP contribution in [-0.4, -0.2) is 17.8 Å². The van der Waals surface area contributed by atoms with E-state index in [1.807, 2.05) is 6.07 Å². The molecule has 0 aliphatic heterocycles. The molecule has 0 radical (unpaired) electrons. The summed E-state index contributed by atoms with van der Waals surface area (Å²) >= 11 is 0. The molecule has 0 aromatic heterocycles. The predicted molar refractivity (Wildman–Crippen MR) is 73.9 cm³/mol. The van der Waals surface area contributed by atoms with Gasteiger partial charge < -0.3 is 9.84 Å². The molecule has 1 aliphatic rings. The second-order valence-electron chi connectivity index (χ2n) is 5.39. The highest BCUT2D eigenvalue weighted by molar-refractivity contribution is 5.28. The molecular formula is C16H24O2. The number of aliphatic hydroxyl groups excluding tert-OH is 1. The van der Waals surface area contributed by atoms with Crippen LogP contribution in [0.15, 0.2) is 24.3 Å². The summed E-state index contributed by atoms with van der Waals surface area (Å²) in [6.45, 7) is 2.55. The normalized spacial score (nSPS) is 23.9. The van der Waals surface area contributed by atoms with Crippen molar-refractivity contribution in [3.8, 4) is 5.75 Å². The van der Waals surface area contributed by atoms with E-state index in [2.05, 4.69) is 25.1 Å². The first kappa shape index (κ1) is 13.4. The van der Waals surface area contributed by atoms with Crippen molar-refractivity contribution in [1.29, 1.82) is 0 Å². The maximum atomic E-state index is 8.86. The Morgan fingerprint density at radius 2 is 2.11 bits per heavy atom. The van der Waals surface area contributed by atoms with Crippen LogP contribution in [-0.2, 0) is 6.42 Å². The monoisotopic (exact) mass is 248 g/mol. The quantitative estimate of drug-likeness (QED) is 0.863. The fraction of sp³-hybridized carbons (Fsp3) is 0.625. The van der Waals surface area contributed by atoms with Crippen molar-refractivity contribution < 1.29 is 9.84 Å². The number of rotatable bonds is 5. The van der Waals surface area contributed by atoms with E-state index in [0.29, 0.717) is 12.0 Å². The zero-order valence-corrected chi connectivity index (χ0v) is 11.3. The molecule has 0 spiro atoms. The van der Waals surface area contributed by atoms with E-state index in [1.165, 1.54) is 31.2 Å². The van der Waals surface area contributed by atoms with E-state index in [4.69, 9.17) is 9.84 Å². The van der Waals surface area contributed by atoms with Crippen LogP contribution in [0.3, 0.4) is 0 Å². The van der Waals surface area contributed by atoms with Gasteiger partial charge in [-0.15, -0.1) is 0 Å². The first-order valence-corrected chi connectivity index (χ1v) is 7.16. The van der Waals surface area contributed by atoms with Crippen LogP contribution in [0.1, 0.15) is 44.6 Å². The third kappa shape index (κ3) is 3.74. The molecule has 1 saturated carbocycles. The first-order valence-electron chi connectivity index (χ1n) is 7.16. The maximum Gasteiger partial charge on any atom is 0.120 e. The topological polar surface area (TPSA) is 29.5 Å². The van der Waals surface area contributed by atoms with Gasteiger partial charge in [0.1, 0.15) is 11.9 Å². The Hall–Kier alpha value is -1.02. The standard InChI is InChI=1S/C16H24O2/c1-13-6-2-3-10-16(13)18-15-9-4-7-14(12-15)8-5-11-17/h4,7,9,12-13,16-17H,2-3,5-6,8,10-11H2,1H3. The van der Waals surface area contributed by atoms with Crippen molar-refractivity contribution in [2.75, 3.05) is 6.61 Å². The van der Waals surface area contributed by atoms with Gasteiger partial charge in [0.15, 0.2) is 0 Å². The van der Waals surface area contributed by atoms with Crippen molar-refractivity contribution in [2.24, 2.45) is 5.92 Å². The Morgan fingerprint density at radius 3 is 2.89 bits per heavy atom. The minimum absolute atomic E-state index is 0.255. The van der Waals surface area contributed by atoms with E-state index < -0.39 is 0 Å². The molecule has 100 valence electrons. The van der Waals surface area contributed by atoms with Gasteiger partial charge in [-0.3, -0.25) is 0 Å². The van der Waals surface area contributed by atoms with Crippen LogP contribution < -0.4 is 4.74 Å². The molecule has 2 atom stereocenters. The summed E-state index contributed by atoms with van der Waals surface area (Å²) in [6, 6.07) is 8.32. The van der Waals surface area contributed by atoms with E-state index >= 15 is 0 Å². The number of aliphatic hydroxyl groups is 1. The van der Waals surface area contributed by atoms with Crippen molar-refractivity contribution >= 4 is 0 Å². The van der Waals surface area contributed by atoms with Crippen molar-refractivity contribution in [3.05, 3.63) is 29.8 Å². The van der Waals surface area contributed by atoms with E-state index in [0.717, 1.165) is 18.6 Å². The van der Waals surface area contributed by atoms with Gasteiger partial charge in [-0.1, -0.05) is 25.5 Å². The van der Waals surface area contributed by atoms with Gasteiger partial charge in [0.25, 0.3) is 0 Å². The second-order valence-corrected chi connectivity index (χ2v) is 5.39. The lowest BCUT2D eigenvalue weighted by atomic mass is 9.88. The van der Waals surface area contributed by atoms with Gasteiger partial charge in [-0.05, 0) is 55.7 Å². The van der Waals surface area contributed by atoms with Crippen LogP contribution in [0.25, 0.3) is 0 Å². The highest BCUT2D eigenvalue weighted by Gasteiger charge is 2.22. The molecular weight excluding hydrogens is 224 g/mol. The minimum atomic E-state index is 0.255. The first-order chi connectivity index (χ1) is 8.79. The molecule has 2 heteroatoms. The Labute approximate surface area is 110 Å². The zero-order chi connectivity index (χ0) is 12.8. The molecule has 0 saturated heterocycles. The van der Waals surface area contributed by atoms with Crippen LogP contribution >= 0.6 is 0 Å². The van der Waals surface area contributed by atoms with Crippen LogP contribution in [0.5, 0.6) is 5.75 Å². The summed E-state index contributed by atoms with van der Waals surface area (Å²) in [5.74, 6) is 1.66. The third-order valence-electron chi connectivity index (χ3n) is 3.84. The van der Waals surface area contributed by atoms with E-state index in [1.54, 1.807) is 0 Å². The van der Waals surface area contributed by atoms with Gasteiger partial charge in [0.05, 0.1) is 0 Å². The molecule has 1 fully saturated rings. The maximum absolute atomic E-state index is 8.86. The molecule has 0 heterocycles.